The minimum Gasteiger partial charge on any atom is -0.494 e. The van der Waals surface area contributed by atoms with Crippen molar-refractivity contribution in [3.05, 3.63) is 71.8 Å². The molecule has 3 aromatic heterocycles. The first-order chi connectivity index (χ1) is 16.4. The Hall–Kier alpha value is -3.99. The Morgan fingerprint density at radius 1 is 1.15 bits per heavy atom. The van der Waals surface area contributed by atoms with Gasteiger partial charge in [-0.05, 0) is 55.5 Å². The van der Waals surface area contributed by atoms with E-state index in [9.17, 15) is 18.0 Å². The lowest BCUT2D eigenvalue weighted by atomic mass is 10.1. The van der Waals surface area contributed by atoms with Crippen LogP contribution in [-0.4, -0.2) is 32.1 Å². The summed E-state index contributed by atoms with van der Waals surface area (Å²) in [7, 11) is 0. The summed E-state index contributed by atoms with van der Waals surface area (Å²) in [6.07, 6.45) is -1.69. The fourth-order valence-electron chi connectivity index (χ4n) is 3.45. The van der Waals surface area contributed by atoms with Gasteiger partial charge in [0.15, 0.2) is 10.8 Å². The van der Waals surface area contributed by atoms with Gasteiger partial charge in [-0.2, -0.15) is 5.10 Å². The zero-order chi connectivity index (χ0) is 23.8. The lowest BCUT2D eigenvalue weighted by Gasteiger charge is -2.08. The number of hydrogen-bond donors (Lipinski definition) is 1. The zero-order valence-corrected chi connectivity index (χ0v) is 18.4. The number of amides is 1. The molecule has 0 saturated heterocycles. The number of halogens is 3. The highest BCUT2D eigenvalue weighted by Crippen LogP contribution is 2.31. The van der Waals surface area contributed by atoms with E-state index in [0.29, 0.717) is 28.6 Å². The van der Waals surface area contributed by atoms with Crippen LogP contribution in [0.15, 0.2) is 54.7 Å². The summed E-state index contributed by atoms with van der Waals surface area (Å²) in [6.45, 7) is 2.41. The molecule has 0 fully saturated rings. The molecular weight excluding hydrogens is 467 g/mol. The fraction of sp³-hybridized carbons (Fsp3) is 0.130. The van der Waals surface area contributed by atoms with E-state index < -0.39 is 23.8 Å². The Morgan fingerprint density at radius 3 is 2.68 bits per heavy atom. The van der Waals surface area contributed by atoms with E-state index in [1.807, 2.05) is 13.0 Å². The molecule has 1 N–H and O–H groups in total. The summed E-state index contributed by atoms with van der Waals surface area (Å²) in [5, 5.41) is 6.97. The van der Waals surface area contributed by atoms with E-state index in [4.69, 9.17) is 4.74 Å². The van der Waals surface area contributed by atoms with Gasteiger partial charge in [-0.3, -0.25) is 10.1 Å². The van der Waals surface area contributed by atoms with E-state index >= 15 is 0 Å². The van der Waals surface area contributed by atoms with Crippen molar-refractivity contribution in [1.82, 2.24) is 19.6 Å². The fourth-order valence-corrected chi connectivity index (χ4v) is 4.34. The molecule has 0 atom stereocenters. The van der Waals surface area contributed by atoms with E-state index in [-0.39, 0.29) is 16.9 Å². The Kier molecular flexibility index (Phi) is 5.62. The number of aromatic nitrogens is 4. The van der Waals surface area contributed by atoms with Gasteiger partial charge in [-0.1, -0.05) is 11.3 Å². The van der Waals surface area contributed by atoms with Crippen LogP contribution >= 0.6 is 11.3 Å². The number of ether oxygens (including phenoxy) is 1. The number of thiazole rings is 1. The third-order valence-electron chi connectivity index (χ3n) is 5.00. The topological polar surface area (TPSA) is 81.4 Å². The van der Waals surface area contributed by atoms with Crippen molar-refractivity contribution in [3.63, 3.8) is 0 Å². The number of anilines is 1. The number of hydrogen-bond acceptors (Lipinski definition) is 6. The van der Waals surface area contributed by atoms with Crippen molar-refractivity contribution in [3.8, 4) is 17.0 Å². The summed E-state index contributed by atoms with van der Waals surface area (Å²) >= 11 is 1.25. The lowest BCUT2D eigenvalue weighted by molar-refractivity contribution is 0.102. The Morgan fingerprint density at radius 2 is 1.94 bits per heavy atom. The Balaban J connectivity index is 1.52. The van der Waals surface area contributed by atoms with Crippen LogP contribution in [0.25, 0.3) is 27.1 Å². The van der Waals surface area contributed by atoms with Crippen molar-refractivity contribution >= 4 is 38.2 Å². The van der Waals surface area contributed by atoms with Crippen LogP contribution < -0.4 is 10.1 Å². The summed E-state index contributed by atoms with van der Waals surface area (Å²) in [5.74, 6) is -0.369. The second kappa shape index (κ2) is 8.75. The number of fused-ring (bicyclic) bond motifs is 2. The van der Waals surface area contributed by atoms with Crippen LogP contribution in [0.2, 0.25) is 0 Å². The first-order valence-corrected chi connectivity index (χ1v) is 11.0. The van der Waals surface area contributed by atoms with Gasteiger partial charge in [-0.15, -0.1) is 0 Å². The molecule has 0 aliphatic rings. The third kappa shape index (κ3) is 4.05. The monoisotopic (exact) mass is 483 g/mol. The second-order valence-corrected chi connectivity index (χ2v) is 8.23. The minimum atomic E-state index is -2.87. The van der Waals surface area contributed by atoms with Crippen molar-refractivity contribution in [2.24, 2.45) is 0 Å². The first kappa shape index (κ1) is 21.8. The molecule has 7 nitrogen and oxygen atoms in total. The molecule has 0 bridgehead atoms. The highest BCUT2D eigenvalue weighted by atomic mass is 32.1. The molecule has 0 radical (unpaired) electrons. The third-order valence-corrected chi connectivity index (χ3v) is 5.93. The highest BCUT2D eigenvalue weighted by molar-refractivity contribution is 7.22. The standard InChI is InChI=1S/C23H16F3N5O2S/c1-2-33-14-7-8-16-19(9-14)34-23(29-16)30-22(32)15-11-27-31-18(20(25)26)10-17(28-21(15)31)12-3-5-13(24)6-4-12/h3-11,20H,2H2,1H3,(H,29,30,32). The highest BCUT2D eigenvalue weighted by Gasteiger charge is 2.22. The van der Waals surface area contributed by atoms with Crippen LogP contribution in [0.3, 0.4) is 0 Å². The van der Waals surface area contributed by atoms with E-state index in [2.05, 4.69) is 20.4 Å². The Bertz CT molecular complexity index is 1510. The van der Waals surface area contributed by atoms with Crippen LogP contribution in [-0.2, 0) is 0 Å². The molecule has 1 amide bonds. The van der Waals surface area contributed by atoms with Gasteiger partial charge in [0.1, 0.15) is 22.8 Å². The molecule has 0 saturated carbocycles. The molecule has 0 aliphatic heterocycles. The number of carbonyl (C=O) groups is 1. The van der Waals surface area contributed by atoms with Crippen molar-refractivity contribution in [1.29, 1.82) is 0 Å². The van der Waals surface area contributed by atoms with E-state index in [1.54, 1.807) is 12.1 Å². The van der Waals surface area contributed by atoms with Crippen LogP contribution in [0.4, 0.5) is 18.3 Å². The largest absolute Gasteiger partial charge is 0.494 e. The zero-order valence-electron chi connectivity index (χ0n) is 17.6. The molecule has 0 aliphatic carbocycles. The Labute approximate surface area is 194 Å². The van der Waals surface area contributed by atoms with E-state index in [1.165, 1.54) is 47.9 Å². The number of nitrogens with zero attached hydrogens (tertiary/aromatic N) is 4. The molecule has 0 unspecified atom stereocenters. The normalized spacial score (nSPS) is 11.4. The second-order valence-electron chi connectivity index (χ2n) is 7.20. The molecule has 2 aromatic carbocycles. The summed E-state index contributed by atoms with van der Waals surface area (Å²) in [4.78, 5) is 21.8. The van der Waals surface area contributed by atoms with Gasteiger partial charge in [0.2, 0.25) is 0 Å². The molecular formula is C23H16F3N5O2S. The predicted octanol–water partition coefficient (Wildman–Crippen LogP) is 5.73. The van der Waals surface area contributed by atoms with Gasteiger partial charge in [0.05, 0.1) is 28.7 Å². The van der Waals surface area contributed by atoms with Crippen LogP contribution in [0.5, 0.6) is 5.75 Å². The number of nitrogens with one attached hydrogen (secondary N) is 1. The summed E-state index contributed by atoms with van der Waals surface area (Å²) < 4.78 is 48.0. The van der Waals surface area contributed by atoms with Gasteiger partial charge in [0, 0.05) is 5.56 Å². The van der Waals surface area contributed by atoms with Crippen LogP contribution in [0, 0.1) is 5.82 Å². The molecule has 11 heteroatoms. The maximum atomic E-state index is 13.8. The number of benzene rings is 2. The lowest BCUT2D eigenvalue weighted by Crippen LogP contribution is -2.12. The molecule has 34 heavy (non-hydrogen) atoms. The average molecular weight is 483 g/mol. The SMILES string of the molecule is CCOc1ccc2nc(NC(=O)c3cnn4c(C(F)F)cc(-c5ccc(F)cc5)nc34)sc2c1. The molecule has 172 valence electrons. The van der Waals surface area contributed by atoms with Crippen molar-refractivity contribution in [2.45, 2.75) is 13.3 Å². The molecule has 5 aromatic rings. The van der Waals surface area contributed by atoms with Gasteiger partial charge >= 0.3 is 0 Å². The first-order valence-electron chi connectivity index (χ1n) is 10.2. The number of rotatable bonds is 6. The van der Waals surface area contributed by atoms with E-state index in [0.717, 1.165) is 9.22 Å². The quantitative estimate of drug-likeness (QED) is 0.333. The molecule has 5 rings (SSSR count). The van der Waals surface area contributed by atoms with Gasteiger partial charge in [0.25, 0.3) is 12.3 Å². The summed E-state index contributed by atoms with van der Waals surface area (Å²) in [6, 6.07) is 11.8. The summed E-state index contributed by atoms with van der Waals surface area (Å²) in [5.41, 5.74) is 0.789. The smallest absolute Gasteiger partial charge is 0.280 e. The molecule has 3 heterocycles. The maximum Gasteiger partial charge on any atom is 0.280 e. The average Bonchev–Trinajstić information content (AvgIpc) is 3.42. The molecule has 0 spiro atoms. The maximum absolute atomic E-state index is 13.8. The predicted molar refractivity (Wildman–Crippen MR) is 122 cm³/mol. The van der Waals surface area contributed by atoms with Crippen molar-refractivity contribution < 1.29 is 22.7 Å². The number of alkyl halides is 2. The van der Waals surface area contributed by atoms with Gasteiger partial charge < -0.3 is 4.74 Å². The number of carbonyl (C=O) groups excluding carboxylic acids is 1. The van der Waals surface area contributed by atoms with Crippen molar-refractivity contribution in [2.75, 3.05) is 11.9 Å². The minimum absolute atomic E-state index is 0.000114. The van der Waals surface area contributed by atoms with Crippen LogP contribution in [0.1, 0.15) is 29.4 Å². The van der Waals surface area contributed by atoms with Gasteiger partial charge in [-0.25, -0.2) is 27.7 Å².